The molecular formula is C17H12FNO2S2. The van der Waals surface area contributed by atoms with Gasteiger partial charge in [0.1, 0.15) is 21.7 Å². The molecule has 1 aliphatic rings. The van der Waals surface area contributed by atoms with Crippen LogP contribution in [0.15, 0.2) is 58.4 Å². The Morgan fingerprint density at radius 2 is 2.17 bits per heavy atom. The molecule has 23 heavy (non-hydrogen) atoms. The Hall–Kier alpha value is -2.18. The fraction of sp³-hybridized carbons (Fsp3) is 0.0588. The highest BCUT2D eigenvalue weighted by Crippen LogP contribution is 2.33. The van der Waals surface area contributed by atoms with E-state index in [1.165, 1.54) is 28.8 Å². The highest BCUT2D eigenvalue weighted by molar-refractivity contribution is 8.26. The molecule has 0 radical (unpaired) electrons. The lowest BCUT2D eigenvalue weighted by Gasteiger charge is -2.10. The number of nitrogens with zero attached hydrogens (tertiary/aromatic N) is 1. The first-order valence-electron chi connectivity index (χ1n) is 6.80. The number of halogens is 1. The van der Waals surface area contributed by atoms with Gasteiger partial charge in [-0.3, -0.25) is 9.69 Å². The van der Waals surface area contributed by atoms with Gasteiger partial charge in [0.25, 0.3) is 5.91 Å². The van der Waals surface area contributed by atoms with Crippen LogP contribution in [0.3, 0.4) is 0 Å². The van der Waals surface area contributed by atoms with Crippen molar-refractivity contribution < 1.29 is 13.6 Å². The second-order valence-electron chi connectivity index (χ2n) is 4.79. The first kappa shape index (κ1) is 15.7. The quantitative estimate of drug-likeness (QED) is 0.465. The van der Waals surface area contributed by atoms with Gasteiger partial charge in [-0.05, 0) is 24.3 Å². The topological polar surface area (TPSA) is 33.5 Å². The molecule has 0 bridgehead atoms. The molecule has 3 rings (SSSR count). The van der Waals surface area contributed by atoms with E-state index in [0.29, 0.717) is 32.9 Å². The number of carbonyl (C=O) groups excluding carboxylic acids is 1. The SMILES string of the molecule is C=CCN1C(=O)C(=Cc2ccc(-c3cccc(F)c3)o2)SC1=S. The Bertz CT molecular complexity index is 826. The molecule has 1 aromatic carbocycles. The molecule has 1 aromatic heterocycles. The van der Waals surface area contributed by atoms with Gasteiger partial charge < -0.3 is 4.42 Å². The standard InChI is InChI=1S/C17H12FNO2S2/c1-2-8-19-16(20)15(23-17(19)22)10-13-6-7-14(21-13)11-4-3-5-12(18)9-11/h2-7,9-10H,1,8H2. The van der Waals surface area contributed by atoms with E-state index in [4.69, 9.17) is 16.6 Å². The van der Waals surface area contributed by atoms with Gasteiger partial charge in [0.05, 0.1) is 4.91 Å². The van der Waals surface area contributed by atoms with Crippen molar-refractivity contribution in [3.8, 4) is 11.3 Å². The largest absolute Gasteiger partial charge is 0.457 e. The van der Waals surface area contributed by atoms with E-state index in [1.807, 2.05) is 0 Å². The van der Waals surface area contributed by atoms with E-state index in [-0.39, 0.29) is 11.7 Å². The predicted molar refractivity (Wildman–Crippen MR) is 94.2 cm³/mol. The summed E-state index contributed by atoms with van der Waals surface area (Å²) < 4.78 is 19.4. The summed E-state index contributed by atoms with van der Waals surface area (Å²) in [6.45, 7) is 4.00. The van der Waals surface area contributed by atoms with Crippen LogP contribution in [-0.4, -0.2) is 21.7 Å². The molecular weight excluding hydrogens is 333 g/mol. The second-order valence-corrected chi connectivity index (χ2v) is 6.47. The van der Waals surface area contributed by atoms with Crippen molar-refractivity contribution in [3.63, 3.8) is 0 Å². The van der Waals surface area contributed by atoms with E-state index in [2.05, 4.69) is 6.58 Å². The minimum atomic E-state index is -0.328. The van der Waals surface area contributed by atoms with Gasteiger partial charge in [-0.15, -0.1) is 6.58 Å². The maximum Gasteiger partial charge on any atom is 0.266 e. The number of benzene rings is 1. The Balaban J connectivity index is 1.85. The molecule has 0 unspecified atom stereocenters. The summed E-state index contributed by atoms with van der Waals surface area (Å²) in [4.78, 5) is 14.2. The van der Waals surface area contributed by atoms with Crippen molar-refractivity contribution in [2.24, 2.45) is 0 Å². The van der Waals surface area contributed by atoms with Gasteiger partial charge in [0.15, 0.2) is 0 Å². The lowest BCUT2D eigenvalue weighted by atomic mass is 10.2. The van der Waals surface area contributed by atoms with Crippen molar-refractivity contribution in [2.75, 3.05) is 6.54 Å². The molecule has 1 aliphatic heterocycles. The Morgan fingerprint density at radius 1 is 1.35 bits per heavy atom. The first-order valence-corrected chi connectivity index (χ1v) is 8.03. The minimum absolute atomic E-state index is 0.163. The van der Waals surface area contributed by atoms with E-state index in [9.17, 15) is 9.18 Å². The second kappa shape index (κ2) is 6.52. The lowest BCUT2D eigenvalue weighted by Crippen LogP contribution is -2.27. The molecule has 0 aliphatic carbocycles. The number of carbonyl (C=O) groups is 1. The number of thiocarbonyl (C=S) groups is 1. The normalized spacial score (nSPS) is 16.4. The van der Waals surface area contributed by atoms with Crippen molar-refractivity contribution >= 4 is 40.3 Å². The van der Waals surface area contributed by atoms with Crippen molar-refractivity contribution in [1.29, 1.82) is 0 Å². The summed E-state index contributed by atoms with van der Waals surface area (Å²) in [6, 6.07) is 9.62. The summed E-state index contributed by atoms with van der Waals surface area (Å²) in [5.74, 6) is 0.565. The van der Waals surface area contributed by atoms with Crippen LogP contribution in [0.4, 0.5) is 4.39 Å². The smallest absolute Gasteiger partial charge is 0.266 e. The van der Waals surface area contributed by atoms with Crippen molar-refractivity contribution in [2.45, 2.75) is 0 Å². The van der Waals surface area contributed by atoms with Crippen LogP contribution < -0.4 is 0 Å². The Morgan fingerprint density at radius 3 is 2.91 bits per heavy atom. The molecule has 1 fully saturated rings. The van der Waals surface area contributed by atoms with E-state index in [0.717, 1.165) is 0 Å². The molecule has 0 N–H and O–H groups in total. The monoisotopic (exact) mass is 345 g/mol. The highest BCUT2D eigenvalue weighted by Gasteiger charge is 2.31. The van der Waals surface area contributed by atoms with E-state index < -0.39 is 0 Å². The van der Waals surface area contributed by atoms with Crippen LogP contribution in [0.5, 0.6) is 0 Å². The zero-order valence-corrected chi connectivity index (χ0v) is 13.6. The molecule has 0 saturated carbocycles. The molecule has 0 spiro atoms. The maximum atomic E-state index is 13.3. The van der Waals surface area contributed by atoms with Gasteiger partial charge in [-0.25, -0.2) is 4.39 Å². The third-order valence-electron chi connectivity index (χ3n) is 3.19. The third-order valence-corrected chi connectivity index (χ3v) is 4.57. The summed E-state index contributed by atoms with van der Waals surface area (Å²) >= 11 is 6.40. The average molecular weight is 345 g/mol. The van der Waals surface area contributed by atoms with Crippen LogP contribution >= 0.6 is 24.0 Å². The van der Waals surface area contributed by atoms with Gasteiger partial charge in [-0.2, -0.15) is 0 Å². The highest BCUT2D eigenvalue weighted by atomic mass is 32.2. The molecule has 3 nitrogen and oxygen atoms in total. The number of amides is 1. The summed E-state index contributed by atoms with van der Waals surface area (Å²) in [5.41, 5.74) is 0.642. The van der Waals surface area contributed by atoms with Crippen LogP contribution in [0.1, 0.15) is 5.76 Å². The first-order chi connectivity index (χ1) is 11.1. The lowest BCUT2D eigenvalue weighted by molar-refractivity contribution is -0.121. The summed E-state index contributed by atoms with van der Waals surface area (Å²) in [6.07, 6.45) is 3.27. The van der Waals surface area contributed by atoms with Gasteiger partial charge in [0.2, 0.25) is 0 Å². The number of hydrogen-bond acceptors (Lipinski definition) is 4. The van der Waals surface area contributed by atoms with Gasteiger partial charge >= 0.3 is 0 Å². The van der Waals surface area contributed by atoms with Crippen LogP contribution in [0.25, 0.3) is 17.4 Å². The van der Waals surface area contributed by atoms with E-state index in [1.54, 1.807) is 36.4 Å². The maximum absolute atomic E-state index is 13.3. The van der Waals surface area contributed by atoms with E-state index >= 15 is 0 Å². The number of furan rings is 1. The average Bonchev–Trinajstić information content (AvgIpc) is 3.09. The summed E-state index contributed by atoms with van der Waals surface area (Å²) in [5, 5.41) is 0. The fourth-order valence-corrected chi connectivity index (χ4v) is 3.40. The molecule has 0 atom stereocenters. The molecule has 2 heterocycles. The number of hydrogen-bond donors (Lipinski definition) is 0. The zero-order chi connectivity index (χ0) is 16.4. The van der Waals surface area contributed by atoms with Crippen LogP contribution in [0.2, 0.25) is 0 Å². The predicted octanol–water partition coefficient (Wildman–Crippen LogP) is 4.47. The molecule has 2 aromatic rings. The number of thioether (sulfide) groups is 1. The summed E-state index contributed by atoms with van der Waals surface area (Å²) in [7, 11) is 0. The van der Waals surface area contributed by atoms with Crippen LogP contribution in [0, 0.1) is 5.82 Å². The zero-order valence-electron chi connectivity index (χ0n) is 12.0. The molecule has 1 saturated heterocycles. The molecule has 1 amide bonds. The van der Waals surface area contributed by atoms with Gasteiger partial charge in [0, 0.05) is 18.2 Å². The fourth-order valence-electron chi connectivity index (χ4n) is 2.14. The Kier molecular flexibility index (Phi) is 4.45. The number of rotatable bonds is 4. The molecule has 6 heteroatoms. The molecule has 116 valence electrons. The van der Waals surface area contributed by atoms with Crippen molar-refractivity contribution in [1.82, 2.24) is 4.90 Å². The van der Waals surface area contributed by atoms with Crippen LogP contribution in [-0.2, 0) is 4.79 Å². The Labute approximate surface area is 142 Å². The third kappa shape index (κ3) is 3.28. The minimum Gasteiger partial charge on any atom is -0.457 e. The van der Waals surface area contributed by atoms with Crippen molar-refractivity contribution in [3.05, 3.63) is 65.5 Å². The van der Waals surface area contributed by atoms with Gasteiger partial charge in [-0.1, -0.05) is 42.2 Å².